The van der Waals surface area contributed by atoms with Gasteiger partial charge in [-0.3, -0.25) is 14.4 Å². The van der Waals surface area contributed by atoms with Crippen molar-refractivity contribution in [2.75, 3.05) is 4.90 Å². The summed E-state index contributed by atoms with van der Waals surface area (Å²) in [6, 6.07) is 11.8. The van der Waals surface area contributed by atoms with E-state index < -0.39 is 11.8 Å². The average Bonchev–Trinajstić information content (AvgIpc) is 3.22. The van der Waals surface area contributed by atoms with E-state index in [4.69, 9.17) is 11.6 Å². The topological polar surface area (TPSA) is 54.5 Å². The molecule has 2 amide bonds. The first-order valence-corrected chi connectivity index (χ1v) is 8.77. The predicted molar refractivity (Wildman–Crippen MR) is 95.8 cm³/mol. The van der Waals surface area contributed by atoms with E-state index >= 15 is 0 Å². The molecule has 2 aromatic carbocycles. The zero-order valence-electron chi connectivity index (χ0n) is 12.6. The number of ketones is 1. The van der Waals surface area contributed by atoms with Crippen LogP contribution in [0, 0.1) is 0 Å². The fourth-order valence-electron chi connectivity index (χ4n) is 3.38. The lowest BCUT2D eigenvalue weighted by atomic mass is 10.1. The van der Waals surface area contributed by atoms with Crippen LogP contribution in [0.2, 0.25) is 5.02 Å². The van der Waals surface area contributed by atoms with Crippen LogP contribution in [-0.4, -0.2) is 17.6 Å². The number of carbonyl (C=O) groups excluding carboxylic acids is 3. The molecule has 0 bridgehead atoms. The third-order valence-corrected chi connectivity index (χ3v) is 5.71. The summed E-state index contributed by atoms with van der Waals surface area (Å²) in [7, 11) is 0. The van der Waals surface area contributed by atoms with E-state index in [1.165, 1.54) is 11.3 Å². The summed E-state index contributed by atoms with van der Waals surface area (Å²) in [5.41, 5.74) is 3.13. The van der Waals surface area contributed by atoms with E-state index in [1.807, 2.05) is 0 Å². The Kier molecular flexibility index (Phi) is 2.84. The van der Waals surface area contributed by atoms with Gasteiger partial charge in [0.15, 0.2) is 5.78 Å². The molecule has 5 rings (SSSR count). The molecule has 0 atom stereocenters. The van der Waals surface area contributed by atoms with Crippen LogP contribution < -0.4 is 4.90 Å². The Labute approximate surface area is 151 Å². The van der Waals surface area contributed by atoms with Crippen molar-refractivity contribution in [2.24, 2.45) is 0 Å². The summed E-state index contributed by atoms with van der Waals surface area (Å²) in [5.74, 6) is -0.978. The largest absolute Gasteiger partial charge is 0.288 e. The van der Waals surface area contributed by atoms with E-state index in [0.29, 0.717) is 32.3 Å². The number of amides is 2. The fourth-order valence-corrected chi connectivity index (χ4v) is 4.61. The predicted octanol–water partition coefficient (Wildman–Crippen LogP) is 4.41. The molecular formula is C19H8ClNO3S. The molecule has 6 heteroatoms. The number of imide groups is 1. The van der Waals surface area contributed by atoms with Gasteiger partial charge in [-0.05, 0) is 35.9 Å². The molecule has 0 fully saturated rings. The number of nitrogens with zero attached hydrogens (tertiary/aromatic N) is 1. The molecule has 3 aromatic rings. The van der Waals surface area contributed by atoms with Gasteiger partial charge in [0.2, 0.25) is 0 Å². The molecule has 1 aliphatic heterocycles. The number of hydrogen-bond donors (Lipinski definition) is 0. The first kappa shape index (κ1) is 14.6. The van der Waals surface area contributed by atoms with Gasteiger partial charge < -0.3 is 0 Å². The van der Waals surface area contributed by atoms with E-state index in [9.17, 15) is 14.4 Å². The van der Waals surface area contributed by atoms with E-state index in [1.54, 1.807) is 47.8 Å². The molecule has 0 N–H and O–H groups in total. The van der Waals surface area contributed by atoms with Gasteiger partial charge in [-0.1, -0.05) is 23.7 Å². The number of thiophene rings is 1. The Morgan fingerprint density at radius 1 is 0.800 bits per heavy atom. The Hall–Kier alpha value is -2.76. The third kappa shape index (κ3) is 1.79. The minimum absolute atomic E-state index is 0.186. The lowest BCUT2D eigenvalue weighted by Crippen LogP contribution is -2.29. The van der Waals surface area contributed by atoms with Crippen molar-refractivity contribution >= 4 is 45.5 Å². The van der Waals surface area contributed by atoms with E-state index in [0.717, 1.165) is 16.0 Å². The second-order valence-corrected chi connectivity index (χ2v) is 7.13. The fraction of sp³-hybridized carbons (Fsp3) is 0. The molecule has 4 nitrogen and oxygen atoms in total. The number of halogens is 1. The van der Waals surface area contributed by atoms with Crippen molar-refractivity contribution in [2.45, 2.75) is 0 Å². The molecule has 0 radical (unpaired) electrons. The van der Waals surface area contributed by atoms with Crippen molar-refractivity contribution < 1.29 is 14.4 Å². The Morgan fingerprint density at radius 3 is 2.16 bits per heavy atom. The number of anilines is 1. The van der Waals surface area contributed by atoms with Crippen LogP contribution in [0.5, 0.6) is 0 Å². The lowest BCUT2D eigenvalue weighted by Gasteiger charge is -2.12. The maximum atomic E-state index is 12.8. The molecular weight excluding hydrogens is 358 g/mol. The first-order valence-electron chi connectivity index (χ1n) is 7.52. The summed E-state index contributed by atoms with van der Waals surface area (Å²) < 4.78 is 0. The highest BCUT2D eigenvalue weighted by Crippen LogP contribution is 2.47. The summed E-state index contributed by atoms with van der Waals surface area (Å²) >= 11 is 7.27. The van der Waals surface area contributed by atoms with Crippen molar-refractivity contribution in [3.05, 3.63) is 75.1 Å². The van der Waals surface area contributed by atoms with Crippen LogP contribution in [0.4, 0.5) is 5.00 Å². The van der Waals surface area contributed by atoms with Crippen LogP contribution in [-0.2, 0) is 0 Å². The molecule has 1 aliphatic carbocycles. The van der Waals surface area contributed by atoms with Crippen LogP contribution in [0.1, 0.15) is 36.6 Å². The molecule has 0 unspecified atom stereocenters. The van der Waals surface area contributed by atoms with Gasteiger partial charge in [-0.2, -0.15) is 0 Å². The number of fused-ring (bicyclic) bond motifs is 4. The molecule has 0 saturated carbocycles. The smallest absolute Gasteiger partial charge is 0.266 e. The van der Waals surface area contributed by atoms with Gasteiger partial charge in [0, 0.05) is 21.5 Å². The summed E-state index contributed by atoms with van der Waals surface area (Å²) in [6.07, 6.45) is 0. The molecule has 0 spiro atoms. The van der Waals surface area contributed by atoms with Crippen molar-refractivity contribution in [1.29, 1.82) is 0 Å². The first-order chi connectivity index (χ1) is 12.1. The molecule has 25 heavy (non-hydrogen) atoms. The quantitative estimate of drug-likeness (QED) is 0.469. The molecule has 120 valence electrons. The second kappa shape index (κ2) is 4.88. The van der Waals surface area contributed by atoms with Gasteiger partial charge >= 0.3 is 0 Å². The number of rotatable bonds is 1. The second-order valence-electron chi connectivity index (χ2n) is 5.84. The Bertz CT molecular complexity index is 1100. The zero-order valence-corrected chi connectivity index (χ0v) is 14.1. The maximum Gasteiger partial charge on any atom is 0.266 e. The van der Waals surface area contributed by atoms with Crippen LogP contribution in [0.3, 0.4) is 0 Å². The van der Waals surface area contributed by atoms with Crippen molar-refractivity contribution in [3.8, 4) is 11.1 Å². The monoisotopic (exact) mass is 365 g/mol. The SMILES string of the molecule is O=C1c2ccc(Cl)cc2-c2csc(N3C(=O)c4ccccc4C3=O)c21. The number of benzene rings is 2. The molecule has 2 aliphatic rings. The van der Waals surface area contributed by atoms with Crippen LogP contribution >= 0.6 is 22.9 Å². The van der Waals surface area contributed by atoms with Crippen LogP contribution in [0.25, 0.3) is 11.1 Å². The average molecular weight is 366 g/mol. The highest BCUT2D eigenvalue weighted by atomic mass is 35.5. The zero-order chi connectivity index (χ0) is 17.3. The Morgan fingerprint density at radius 2 is 1.48 bits per heavy atom. The van der Waals surface area contributed by atoms with Crippen LogP contribution in [0.15, 0.2) is 47.8 Å². The van der Waals surface area contributed by atoms with Crippen molar-refractivity contribution in [3.63, 3.8) is 0 Å². The standard InChI is InChI=1S/C19H8ClNO3S/c20-9-5-6-10-13(7-9)14-8-25-19(15(14)16(10)22)21-17(23)11-3-1-2-4-12(11)18(21)24/h1-8H. The summed E-state index contributed by atoms with van der Waals surface area (Å²) in [5, 5.41) is 2.71. The van der Waals surface area contributed by atoms with Gasteiger partial charge in [-0.15, -0.1) is 11.3 Å². The molecule has 2 heterocycles. The number of carbonyl (C=O) groups is 3. The van der Waals surface area contributed by atoms with E-state index in [-0.39, 0.29) is 5.78 Å². The third-order valence-electron chi connectivity index (χ3n) is 4.51. The van der Waals surface area contributed by atoms with Gasteiger partial charge in [0.1, 0.15) is 5.00 Å². The van der Waals surface area contributed by atoms with Gasteiger partial charge in [0.25, 0.3) is 11.8 Å². The maximum absolute atomic E-state index is 12.8. The summed E-state index contributed by atoms with van der Waals surface area (Å²) in [4.78, 5) is 39.4. The molecule has 0 saturated heterocycles. The minimum Gasteiger partial charge on any atom is -0.288 e. The highest BCUT2D eigenvalue weighted by Gasteiger charge is 2.41. The van der Waals surface area contributed by atoms with Crippen molar-refractivity contribution in [1.82, 2.24) is 0 Å². The summed E-state index contributed by atoms with van der Waals surface area (Å²) in [6.45, 7) is 0. The van der Waals surface area contributed by atoms with Gasteiger partial charge in [0.05, 0.1) is 16.7 Å². The van der Waals surface area contributed by atoms with E-state index in [2.05, 4.69) is 0 Å². The Balaban J connectivity index is 1.69. The minimum atomic E-state index is -0.396. The molecule has 1 aromatic heterocycles. The highest BCUT2D eigenvalue weighted by molar-refractivity contribution is 7.15. The lowest BCUT2D eigenvalue weighted by molar-refractivity contribution is 0.0927. The normalized spacial score (nSPS) is 14.8. The number of hydrogen-bond acceptors (Lipinski definition) is 4. The van der Waals surface area contributed by atoms with Gasteiger partial charge in [-0.25, -0.2) is 4.90 Å².